The van der Waals surface area contributed by atoms with Crippen molar-refractivity contribution in [2.45, 2.75) is 13.1 Å². The van der Waals surface area contributed by atoms with Crippen molar-refractivity contribution in [1.82, 2.24) is 14.6 Å². The van der Waals surface area contributed by atoms with E-state index in [1.54, 1.807) is 24.3 Å². The summed E-state index contributed by atoms with van der Waals surface area (Å²) in [6, 6.07) is 7.80. The summed E-state index contributed by atoms with van der Waals surface area (Å²) in [5.41, 5.74) is 5.32. The lowest BCUT2D eigenvalue weighted by atomic mass is 10.3. The Morgan fingerprint density at radius 1 is 1.17 bits per heavy atom. The predicted octanol–water partition coefficient (Wildman–Crippen LogP) is 4.82. The van der Waals surface area contributed by atoms with Gasteiger partial charge in [0.15, 0.2) is 17.2 Å². The molecule has 0 aliphatic carbocycles. The number of benzene rings is 1. The SMILES string of the molecule is Cc1cc(C(F)(F)F)n2nc(N)c(N=Nc3ccc(Br)cc3)c2n1. The van der Waals surface area contributed by atoms with Crippen LogP contribution >= 0.6 is 15.9 Å². The Morgan fingerprint density at radius 3 is 2.46 bits per heavy atom. The van der Waals surface area contributed by atoms with E-state index in [9.17, 15) is 13.2 Å². The monoisotopic (exact) mass is 398 g/mol. The maximum Gasteiger partial charge on any atom is 0.433 e. The van der Waals surface area contributed by atoms with Gasteiger partial charge in [0, 0.05) is 10.2 Å². The fourth-order valence-corrected chi connectivity index (χ4v) is 2.32. The Bertz CT molecular complexity index is 930. The molecule has 10 heteroatoms. The highest BCUT2D eigenvalue weighted by molar-refractivity contribution is 9.10. The maximum atomic E-state index is 13.1. The summed E-state index contributed by atoms with van der Waals surface area (Å²) in [5.74, 6) is -0.181. The van der Waals surface area contributed by atoms with Gasteiger partial charge in [-0.3, -0.25) is 0 Å². The second-order valence-corrected chi connectivity index (χ2v) is 5.84. The second-order valence-electron chi connectivity index (χ2n) is 4.93. The lowest BCUT2D eigenvalue weighted by molar-refractivity contribution is -0.142. The molecule has 6 nitrogen and oxygen atoms in total. The summed E-state index contributed by atoms with van der Waals surface area (Å²) in [6.45, 7) is 1.45. The van der Waals surface area contributed by atoms with Crippen molar-refractivity contribution in [2.24, 2.45) is 10.2 Å². The van der Waals surface area contributed by atoms with Crippen molar-refractivity contribution in [2.75, 3.05) is 5.73 Å². The highest BCUT2D eigenvalue weighted by Gasteiger charge is 2.35. The Kier molecular flexibility index (Phi) is 3.99. The molecule has 0 spiro atoms. The van der Waals surface area contributed by atoms with Gasteiger partial charge in [-0.1, -0.05) is 15.9 Å². The first-order valence-corrected chi connectivity index (χ1v) is 7.45. The molecule has 0 atom stereocenters. The molecule has 2 N–H and O–H groups in total. The fraction of sp³-hybridized carbons (Fsp3) is 0.143. The van der Waals surface area contributed by atoms with E-state index in [0.717, 1.165) is 10.5 Å². The number of aromatic nitrogens is 3. The fourth-order valence-electron chi connectivity index (χ4n) is 2.06. The summed E-state index contributed by atoms with van der Waals surface area (Å²) in [4.78, 5) is 4.06. The van der Waals surface area contributed by atoms with Crippen LogP contribution in [0.2, 0.25) is 0 Å². The van der Waals surface area contributed by atoms with Crippen LogP contribution in [0.5, 0.6) is 0 Å². The summed E-state index contributed by atoms with van der Waals surface area (Å²) in [5, 5.41) is 11.6. The van der Waals surface area contributed by atoms with Gasteiger partial charge in [0.25, 0.3) is 0 Å². The molecular weight excluding hydrogens is 389 g/mol. The van der Waals surface area contributed by atoms with Gasteiger partial charge in [0.05, 0.1) is 5.69 Å². The lowest BCUT2D eigenvalue weighted by Gasteiger charge is -2.09. The molecule has 0 saturated carbocycles. The van der Waals surface area contributed by atoms with E-state index in [-0.39, 0.29) is 22.8 Å². The number of hydrogen-bond donors (Lipinski definition) is 1. The third-order valence-corrected chi connectivity index (χ3v) is 3.63. The number of alkyl halides is 3. The smallest absolute Gasteiger partial charge is 0.380 e. The number of halogens is 4. The van der Waals surface area contributed by atoms with Crippen LogP contribution < -0.4 is 5.73 Å². The molecule has 2 aromatic heterocycles. The van der Waals surface area contributed by atoms with Crippen molar-refractivity contribution >= 4 is 38.8 Å². The average molecular weight is 399 g/mol. The van der Waals surface area contributed by atoms with E-state index >= 15 is 0 Å². The van der Waals surface area contributed by atoms with Gasteiger partial charge >= 0.3 is 6.18 Å². The number of aryl methyl sites for hydroxylation is 1. The maximum absolute atomic E-state index is 13.1. The van der Waals surface area contributed by atoms with Gasteiger partial charge in [-0.2, -0.15) is 18.3 Å². The summed E-state index contributed by atoms with van der Waals surface area (Å²) in [6.07, 6.45) is -4.59. The molecule has 24 heavy (non-hydrogen) atoms. The molecular formula is C14H10BrF3N6. The number of nitrogens with zero attached hydrogens (tertiary/aromatic N) is 5. The number of rotatable bonds is 2. The topological polar surface area (TPSA) is 80.9 Å². The van der Waals surface area contributed by atoms with Crippen molar-refractivity contribution < 1.29 is 13.2 Å². The van der Waals surface area contributed by atoms with Gasteiger partial charge in [-0.15, -0.1) is 10.2 Å². The van der Waals surface area contributed by atoms with Crippen molar-refractivity contribution in [3.8, 4) is 0 Å². The number of anilines is 1. The highest BCUT2D eigenvalue weighted by atomic mass is 79.9. The van der Waals surface area contributed by atoms with Crippen LogP contribution in [0.4, 0.5) is 30.4 Å². The quantitative estimate of drug-likeness (QED) is 0.628. The first-order valence-electron chi connectivity index (χ1n) is 6.66. The van der Waals surface area contributed by atoms with Crippen molar-refractivity contribution in [1.29, 1.82) is 0 Å². The van der Waals surface area contributed by atoms with Gasteiger partial charge < -0.3 is 5.73 Å². The number of nitrogens with two attached hydrogens (primary N) is 1. The van der Waals surface area contributed by atoms with E-state index in [1.165, 1.54) is 6.92 Å². The Labute approximate surface area is 142 Å². The van der Waals surface area contributed by atoms with Gasteiger partial charge in [-0.05, 0) is 37.3 Å². The van der Waals surface area contributed by atoms with E-state index in [2.05, 4.69) is 36.2 Å². The zero-order valence-corrected chi connectivity index (χ0v) is 13.8. The highest BCUT2D eigenvalue weighted by Crippen LogP contribution is 2.34. The molecule has 2 heterocycles. The zero-order valence-electron chi connectivity index (χ0n) is 12.2. The average Bonchev–Trinajstić information content (AvgIpc) is 2.80. The van der Waals surface area contributed by atoms with E-state index in [1.807, 2.05) is 0 Å². The molecule has 1 aromatic carbocycles. The largest absolute Gasteiger partial charge is 0.433 e. The van der Waals surface area contributed by atoms with Gasteiger partial charge in [-0.25, -0.2) is 9.50 Å². The predicted molar refractivity (Wildman–Crippen MR) is 85.5 cm³/mol. The minimum absolute atomic E-state index is 0.00730. The normalized spacial score (nSPS) is 12.4. The standard InChI is InChI=1S/C14H10BrF3N6/c1-7-6-10(14(16,17)18)24-13(20-7)11(12(19)23-24)22-21-9-4-2-8(15)3-5-9/h2-6H,1H3,(H2,19,23). The number of hydrogen-bond acceptors (Lipinski definition) is 5. The van der Waals surface area contributed by atoms with Crippen LogP contribution in [-0.4, -0.2) is 14.6 Å². The molecule has 0 amide bonds. The number of fused-ring (bicyclic) bond motifs is 1. The lowest BCUT2D eigenvalue weighted by Crippen LogP contribution is -2.13. The van der Waals surface area contributed by atoms with Crippen molar-refractivity contribution in [3.05, 3.63) is 46.2 Å². The first-order chi connectivity index (χ1) is 11.3. The number of azo groups is 1. The third-order valence-electron chi connectivity index (χ3n) is 3.10. The third kappa shape index (κ3) is 3.09. The van der Waals surface area contributed by atoms with Crippen LogP contribution in [0.25, 0.3) is 5.65 Å². The van der Waals surface area contributed by atoms with Gasteiger partial charge in [0.2, 0.25) is 0 Å². The molecule has 0 unspecified atom stereocenters. The van der Waals surface area contributed by atoms with Gasteiger partial charge in [0.1, 0.15) is 5.69 Å². The Morgan fingerprint density at radius 2 is 1.83 bits per heavy atom. The molecule has 3 aromatic rings. The minimum atomic E-state index is -4.59. The number of nitrogen functional groups attached to an aromatic ring is 1. The summed E-state index contributed by atoms with van der Waals surface area (Å²) in [7, 11) is 0. The van der Waals surface area contributed by atoms with E-state index in [0.29, 0.717) is 10.2 Å². The van der Waals surface area contributed by atoms with Crippen LogP contribution in [0.1, 0.15) is 11.4 Å². The Balaban J connectivity index is 2.13. The Hall–Kier alpha value is -2.49. The molecule has 0 bridgehead atoms. The molecule has 124 valence electrons. The van der Waals surface area contributed by atoms with E-state index in [4.69, 9.17) is 5.73 Å². The molecule has 0 fully saturated rings. The first kappa shape index (κ1) is 16.4. The molecule has 0 radical (unpaired) electrons. The molecule has 3 rings (SSSR count). The van der Waals surface area contributed by atoms with E-state index < -0.39 is 11.9 Å². The molecule has 0 aliphatic rings. The van der Waals surface area contributed by atoms with Crippen molar-refractivity contribution in [3.63, 3.8) is 0 Å². The molecule has 0 saturated heterocycles. The summed E-state index contributed by atoms with van der Waals surface area (Å²) < 4.78 is 40.9. The summed E-state index contributed by atoms with van der Waals surface area (Å²) >= 11 is 3.29. The van der Waals surface area contributed by atoms with Crippen LogP contribution in [-0.2, 0) is 6.18 Å². The second kappa shape index (κ2) is 5.86. The van der Waals surface area contributed by atoms with Crippen LogP contribution in [0.15, 0.2) is 45.0 Å². The molecule has 0 aliphatic heterocycles. The minimum Gasteiger partial charge on any atom is -0.380 e. The van der Waals surface area contributed by atoms with Crippen LogP contribution in [0, 0.1) is 6.92 Å². The van der Waals surface area contributed by atoms with Crippen LogP contribution in [0.3, 0.4) is 0 Å². The zero-order chi connectivity index (χ0) is 17.5.